The first-order valence-corrected chi connectivity index (χ1v) is 10.5. The second-order valence-electron chi connectivity index (χ2n) is 10.3. The van der Waals surface area contributed by atoms with E-state index >= 15 is 0 Å². The van der Waals surface area contributed by atoms with Gasteiger partial charge in [-0.05, 0) is 84.9 Å². The highest BCUT2D eigenvalue weighted by Crippen LogP contribution is 2.82. The van der Waals surface area contributed by atoms with Crippen LogP contribution in [0.4, 0.5) is 0 Å². The Morgan fingerprint density at radius 3 is 2.17 bits per heavy atom. The number of esters is 1. The molecule has 3 nitrogen and oxygen atoms in total. The zero-order valence-electron chi connectivity index (χ0n) is 14.4. The molecule has 7 rings (SSSR count). The van der Waals surface area contributed by atoms with Crippen LogP contribution in [0.5, 0.6) is 0 Å². The zero-order valence-corrected chi connectivity index (χ0v) is 14.4. The lowest BCUT2D eigenvalue weighted by Gasteiger charge is -2.31. The van der Waals surface area contributed by atoms with Crippen LogP contribution in [0.15, 0.2) is 0 Å². The lowest BCUT2D eigenvalue weighted by molar-refractivity contribution is -0.152. The average Bonchev–Trinajstić information content (AvgIpc) is 3.27. The van der Waals surface area contributed by atoms with Gasteiger partial charge in [-0.1, -0.05) is 6.42 Å². The average molecular weight is 328 g/mol. The molecule has 7 aliphatic carbocycles. The molecule has 0 aromatic heterocycles. The molecule has 14 atom stereocenters. The van der Waals surface area contributed by atoms with E-state index in [0.717, 1.165) is 47.3 Å². The summed E-state index contributed by atoms with van der Waals surface area (Å²) < 4.78 is 6.10. The van der Waals surface area contributed by atoms with Crippen LogP contribution in [-0.2, 0) is 9.53 Å². The number of hydrogen-bond acceptors (Lipinski definition) is 3. The molecule has 7 aliphatic rings. The molecule has 0 radical (unpaired) electrons. The molecule has 0 aromatic rings. The first kappa shape index (κ1) is 13.6. The van der Waals surface area contributed by atoms with Crippen LogP contribution in [0.25, 0.3) is 0 Å². The van der Waals surface area contributed by atoms with E-state index in [2.05, 4.69) is 0 Å². The molecule has 7 fully saturated rings. The molecular weight excluding hydrogens is 300 g/mol. The summed E-state index contributed by atoms with van der Waals surface area (Å²) in [5, 5.41) is 11.2. The maximum Gasteiger partial charge on any atom is 0.302 e. The first-order valence-electron chi connectivity index (χ1n) is 10.5. The normalized spacial score (nSPS) is 69.4. The Hall–Kier alpha value is -0.570. The largest absolute Gasteiger partial charge is 0.462 e. The number of aliphatic hydroxyl groups excluding tert-OH is 1. The van der Waals surface area contributed by atoms with Gasteiger partial charge in [-0.25, -0.2) is 0 Å². The minimum absolute atomic E-state index is 0.00581. The maximum absolute atomic E-state index is 11.9. The van der Waals surface area contributed by atoms with Crippen LogP contribution in [-0.4, -0.2) is 23.3 Å². The van der Waals surface area contributed by atoms with Crippen molar-refractivity contribution in [2.45, 2.75) is 51.2 Å². The van der Waals surface area contributed by atoms with Gasteiger partial charge in [0, 0.05) is 18.8 Å². The van der Waals surface area contributed by atoms with Gasteiger partial charge < -0.3 is 9.84 Å². The van der Waals surface area contributed by atoms with Crippen LogP contribution in [0.3, 0.4) is 0 Å². The third kappa shape index (κ3) is 1.20. The van der Waals surface area contributed by atoms with E-state index in [1.54, 1.807) is 6.92 Å². The van der Waals surface area contributed by atoms with Crippen molar-refractivity contribution < 1.29 is 14.6 Å². The smallest absolute Gasteiger partial charge is 0.302 e. The van der Waals surface area contributed by atoms with Crippen molar-refractivity contribution in [3.63, 3.8) is 0 Å². The highest BCUT2D eigenvalue weighted by Gasteiger charge is 2.81. The summed E-state index contributed by atoms with van der Waals surface area (Å²) in [6.07, 6.45) is 6.82. The van der Waals surface area contributed by atoms with Gasteiger partial charge in [0.05, 0.1) is 6.10 Å². The molecule has 14 unspecified atom stereocenters. The fourth-order valence-electron chi connectivity index (χ4n) is 10.7. The van der Waals surface area contributed by atoms with Gasteiger partial charge in [0.15, 0.2) is 0 Å². The third-order valence-electron chi connectivity index (χ3n) is 10.4. The maximum atomic E-state index is 11.9. The summed E-state index contributed by atoms with van der Waals surface area (Å²) in [5.41, 5.74) is 0. The lowest BCUT2D eigenvalue weighted by Crippen LogP contribution is -2.35. The predicted molar refractivity (Wildman–Crippen MR) is 86.5 cm³/mol. The fraction of sp³-hybridized carbons (Fsp3) is 0.952. The van der Waals surface area contributed by atoms with Crippen molar-refractivity contribution in [3.8, 4) is 0 Å². The SMILES string of the molecule is CC(=O)OC1C2C3CCCC3C3C4C(O)C5CCC6C5C4C(C61)C23. The van der Waals surface area contributed by atoms with Crippen LogP contribution in [0.2, 0.25) is 0 Å². The van der Waals surface area contributed by atoms with E-state index in [4.69, 9.17) is 4.74 Å². The summed E-state index contributed by atoms with van der Waals surface area (Å²) in [6.45, 7) is 1.62. The topological polar surface area (TPSA) is 46.5 Å². The number of ether oxygens (including phenoxy) is 1. The third-order valence-corrected chi connectivity index (χ3v) is 10.4. The molecule has 0 bridgehead atoms. The first-order chi connectivity index (χ1) is 11.7. The Bertz CT molecular complexity index is 625. The number of rotatable bonds is 1. The second-order valence-corrected chi connectivity index (χ2v) is 10.3. The van der Waals surface area contributed by atoms with E-state index in [1.807, 2.05) is 0 Å². The van der Waals surface area contributed by atoms with Gasteiger partial charge in [0.2, 0.25) is 0 Å². The van der Waals surface area contributed by atoms with E-state index in [1.165, 1.54) is 32.1 Å². The zero-order chi connectivity index (χ0) is 15.9. The number of aliphatic hydroxyl groups is 1. The van der Waals surface area contributed by atoms with Crippen molar-refractivity contribution in [1.29, 1.82) is 0 Å². The van der Waals surface area contributed by atoms with Crippen molar-refractivity contribution in [2.75, 3.05) is 0 Å². The molecule has 130 valence electrons. The van der Waals surface area contributed by atoms with Gasteiger partial charge >= 0.3 is 5.97 Å². The highest BCUT2D eigenvalue weighted by molar-refractivity contribution is 5.66. The van der Waals surface area contributed by atoms with E-state index in [9.17, 15) is 9.90 Å². The molecule has 0 amide bonds. The van der Waals surface area contributed by atoms with Crippen molar-refractivity contribution >= 4 is 5.97 Å². The summed E-state index contributed by atoms with van der Waals surface area (Å²) in [6, 6.07) is 0. The number of carbonyl (C=O) groups is 1. The van der Waals surface area contributed by atoms with Crippen molar-refractivity contribution in [3.05, 3.63) is 0 Å². The standard InChI is InChI=1S/C21H28O3/c1-7(22)24-21-14-9-4-2-3-8(9)13-17(14)18-15(21)10-5-6-11-12(10)16(18)19(13)20(11)23/h8-21,23H,2-6H2,1H3. The van der Waals surface area contributed by atoms with Gasteiger partial charge in [-0.15, -0.1) is 0 Å². The highest BCUT2D eigenvalue weighted by atomic mass is 16.5. The van der Waals surface area contributed by atoms with E-state index in [-0.39, 0.29) is 18.2 Å². The van der Waals surface area contributed by atoms with Gasteiger partial charge in [-0.2, -0.15) is 0 Å². The molecule has 7 saturated carbocycles. The van der Waals surface area contributed by atoms with Crippen molar-refractivity contribution in [1.82, 2.24) is 0 Å². The summed E-state index contributed by atoms with van der Waals surface area (Å²) >= 11 is 0. The Kier molecular flexibility index (Phi) is 2.30. The summed E-state index contributed by atoms with van der Waals surface area (Å²) in [4.78, 5) is 11.9. The second kappa shape index (κ2) is 4.05. The molecule has 3 heteroatoms. The molecule has 0 spiro atoms. The summed E-state index contributed by atoms with van der Waals surface area (Å²) in [7, 11) is 0. The Labute approximate surface area is 143 Å². The summed E-state index contributed by atoms with van der Waals surface area (Å²) in [5.74, 6) is 8.67. The Morgan fingerprint density at radius 1 is 0.750 bits per heavy atom. The molecule has 0 aliphatic heterocycles. The fourth-order valence-corrected chi connectivity index (χ4v) is 10.7. The minimum atomic E-state index is -0.0545. The van der Waals surface area contributed by atoms with Crippen LogP contribution >= 0.6 is 0 Å². The minimum Gasteiger partial charge on any atom is -0.462 e. The molecule has 24 heavy (non-hydrogen) atoms. The molecule has 0 aromatic carbocycles. The predicted octanol–water partition coefficient (Wildman–Crippen LogP) is 2.72. The molecule has 1 N–H and O–H groups in total. The quantitative estimate of drug-likeness (QED) is 0.753. The van der Waals surface area contributed by atoms with Gasteiger partial charge in [-0.3, -0.25) is 4.79 Å². The van der Waals surface area contributed by atoms with Gasteiger partial charge in [0.1, 0.15) is 6.10 Å². The molecule has 0 saturated heterocycles. The van der Waals surface area contributed by atoms with Crippen LogP contribution < -0.4 is 0 Å². The number of hydrogen-bond donors (Lipinski definition) is 1. The van der Waals surface area contributed by atoms with Crippen molar-refractivity contribution in [2.24, 2.45) is 71.0 Å². The van der Waals surface area contributed by atoms with E-state index < -0.39 is 0 Å². The molecular formula is C21H28O3. The lowest BCUT2D eigenvalue weighted by atomic mass is 9.77. The Morgan fingerprint density at radius 2 is 1.38 bits per heavy atom. The monoisotopic (exact) mass is 328 g/mol. The number of fused-ring (bicyclic) bond motifs is 5. The van der Waals surface area contributed by atoms with Gasteiger partial charge in [0.25, 0.3) is 0 Å². The Balaban J connectivity index is 1.42. The van der Waals surface area contributed by atoms with E-state index in [0.29, 0.717) is 23.7 Å². The molecule has 0 heterocycles. The number of carbonyl (C=O) groups excluding carboxylic acids is 1. The van der Waals surface area contributed by atoms with Crippen LogP contribution in [0.1, 0.15) is 39.0 Å². The van der Waals surface area contributed by atoms with Crippen LogP contribution in [0, 0.1) is 71.0 Å².